The van der Waals surface area contributed by atoms with E-state index in [0.717, 1.165) is 13.0 Å². The summed E-state index contributed by atoms with van der Waals surface area (Å²) in [6, 6.07) is -0.243. The summed E-state index contributed by atoms with van der Waals surface area (Å²) in [4.78, 5) is 12.6. The number of aliphatic hydroxyl groups is 1. The average molecular weight is 158 g/mol. The van der Waals surface area contributed by atoms with E-state index in [2.05, 4.69) is 0 Å². The third-order valence-corrected chi connectivity index (χ3v) is 2.15. The van der Waals surface area contributed by atoms with Gasteiger partial charge in [-0.25, -0.2) is 0 Å². The topological polar surface area (TPSA) is 66.6 Å². The van der Waals surface area contributed by atoms with E-state index in [1.807, 2.05) is 4.90 Å². The van der Waals surface area contributed by atoms with Crippen molar-refractivity contribution in [3.8, 4) is 0 Å². The zero-order valence-corrected chi connectivity index (χ0v) is 6.66. The van der Waals surface area contributed by atoms with Crippen molar-refractivity contribution < 1.29 is 9.90 Å². The number of nitrogens with zero attached hydrogens (tertiary/aromatic N) is 1. The SMILES string of the molecule is CC(C(N)=O)N1CCC(O)C1. The molecule has 11 heavy (non-hydrogen) atoms. The molecule has 0 aromatic rings. The summed E-state index contributed by atoms with van der Waals surface area (Å²) < 4.78 is 0. The summed E-state index contributed by atoms with van der Waals surface area (Å²) in [7, 11) is 0. The van der Waals surface area contributed by atoms with Crippen molar-refractivity contribution in [3.63, 3.8) is 0 Å². The van der Waals surface area contributed by atoms with Crippen LogP contribution in [0, 0.1) is 0 Å². The van der Waals surface area contributed by atoms with Crippen LogP contribution in [0.15, 0.2) is 0 Å². The molecular weight excluding hydrogens is 144 g/mol. The summed E-state index contributed by atoms with van der Waals surface area (Å²) in [6.07, 6.45) is 0.467. The molecule has 4 heteroatoms. The Labute approximate surface area is 66.0 Å². The zero-order valence-electron chi connectivity index (χ0n) is 6.66. The molecule has 2 atom stereocenters. The number of β-amino-alcohol motifs (C(OH)–C–C–N with tert-alkyl or cyclic N) is 1. The van der Waals surface area contributed by atoms with Gasteiger partial charge in [0.2, 0.25) is 5.91 Å². The van der Waals surface area contributed by atoms with E-state index >= 15 is 0 Å². The van der Waals surface area contributed by atoms with Crippen molar-refractivity contribution in [1.82, 2.24) is 4.90 Å². The normalized spacial score (nSPS) is 28.7. The van der Waals surface area contributed by atoms with Gasteiger partial charge in [-0.15, -0.1) is 0 Å². The maximum atomic E-state index is 10.7. The molecule has 0 spiro atoms. The molecule has 64 valence electrons. The lowest BCUT2D eigenvalue weighted by Gasteiger charge is -2.20. The fraction of sp³-hybridized carbons (Fsp3) is 0.857. The summed E-state index contributed by atoms with van der Waals surface area (Å²) >= 11 is 0. The summed E-state index contributed by atoms with van der Waals surface area (Å²) in [5, 5.41) is 9.14. The summed E-state index contributed by atoms with van der Waals surface area (Å²) in [6.45, 7) is 3.11. The number of aliphatic hydroxyl groups excluding tert-OH is 1. The molecular formula is C7H14N2O2. The van der Waals surface area contributed by atoms with Crippen LogP contribution in [0.2, 0.25) is 0 Å². The van der Waals surface area contributed by atoms with E-state index in [4.69, 9.17) is 10.8 Å². The number of carbonyl (C=O) groups is 1. The highest BCUT2D eigenvalue weighted by atomic mass is 16.3. The van der Waals surface area contributed by atoms with Gasteiger partial charge in [-0.3, -0.25) is 9.69 Å². The average Bonchev–Trinajstić information content (AvgIpc) is 2.34. The van der Waals surface area contributed by atoms with Crippen LogP contribution in [0.4, 0.5) is 0 Å². The van der Waals surface area contributed by atoms with Crippen molar-refractivity contribution in [2.75, 3.05) is 13.1 Å². The van der Waals surface area contributed by atoms with Crippen molar-refractivity contribution in [2.45, 2.75) is 25.5 Å². The lowest BCUT2D eigenvalue weighted by molar-refractivity contribution is -0.122. The van der Waals surface area contributed by atoms with Gasteiger partial charge in [-0.05, 0) is 13.3 Å². The third kappa shape index (κ3) is 1.91. The first-order chi connectivity index (χ1) is 5.11. The number of nitrogens with two attached hydrogens (primary N) is 1. The molecule has 2 unspecified atom stereocenters. The van der Waals surface area contributed by atoms with Gasteiger partial charge in [0.05, 0.1) is 12.1 Å². The van der Waals surface area contributed by atoms with Crippen LogP contribution in [0.3, 0.4) is 0 Å². The van der Waals surface area contributed by atoms with Crippen molar-refractivity contribution in [1.29, 1.82) is 0 Å². The number of amides is 1. The first-order valence-corrected chi connectivity index (χ1v) is 3.82. The molecule has 0 bridgehead atoms. The van der Waals surface area contributed by atoms with E-state index in [0.29, 0.717) is 6.54 Å². The highest BCUT2D eigenvalue weighted by Gasteiger charge is 2.26. The number of likely N-dealkylation sites (tertiary alicyclic amines) is 1. The third-order valence-electron chi connectivity index (χ3n) is 2.15. The van der Waals surface area contributed by atoms with Crippen LogP contribution in [-0.2, 0) is 4.79 Å². The lowest BCUT2D eigenvalue weighted by atomic mass is 10.3. The second-order valence-corrected chi connectivity index (χ2v) is 3.02. The molecule has 1 amide bonds. The number of rotatable bonds is 2. The maximum Gasteiger partial charge on any atom is 0.234 e. The molecule has 1 aliphatic rings. The quantitative estimate of drug-likeness (QED) is 0.537. The van der Waals surface area contributed by atoms with Gasteiger partial charge < -0.3 is 10.8 Å². The summed E-state index contributed by atoms with van der Waals surface area (Å²) in [5.41, 5.74) is 5.10. The van der Waals surface area contributed by atoms with Crippen LogP contribution < -0.4 is 5.73 Å². The highest BCUT2D eigenvalue weighted by Crippen LogP contribution is 2.11. The fourth-order valence-electron chi connectivity index (χ4n) is 1.30. The van der Waals surface area contributed by atoms with Gasteiger partial charge in [0.25, 0.3) is 0 Å². The maximum absolute atomic E-state index is 10.7. The van der Waals surface area contributed by atoms with E-state index in [1.54, 1.807) is 6.92 Å². The number of carbonyl (C=O) groups excluding carboxylic acids is 1. The molecule has 1 saturated heterocycles. The van der Waals surface area contributed by atoms with Crippen molar-refractivity contribution in [3.05, 3.63) is 0 Å². The predicted octanol–water partition coefficient (Wildman–Crippen LogP) is -1.07. The standard InChI is InChI=1S/C7H14N2O2/c1-5(7(8)11)9-3-2-6(10)4-9/h5-6,10H,2-4H2,1H3,(H2,8,11). The largest absolute Gasteiger partial charge is 0.392 e. The first-order valence-electron chi connectivity index (χ1n) is 3.82. The fourth-order valence-corrected chi connectivity index (χ4v) is 1.30. The second kappa shape index (κ2) is 3.19. The molecule has 0 aromatic carbocycles. The van der Waals surface area contributed by atoms with Crippen LogP contribution in [-0.4, -0.2) is 41.1 Å². The molecule has 1 rings (SSSR count). The predicted molar refractivity (Wildman–Crippen MR) is 40.9 cm³/mol. The minimum atomic E-state index is -0.320. The summed E-state index contributed by atoms with van der Waals surface area (Å²) in [5.74, 6) is -0.320. The Balaban J connectivity index is 2.43. The van der Waals surface area contributed by atoms with Crippen LogP contribution >= 0.6 is 0 Å². The monoisotopic (exact) mass is 158 g/mol. The molecule has 3 N–H and O–H groups in total. The molecule has 0 saturated carbocycles. The second-order valence-electron chi connectivity index (χ2n) is 3.02. The van der Waals surface area contributed by atoms with Crippen LogP contribution in [0.1, 0.15) is 13.3 Å². The van der Waals surface area contributed by atoms with Crippen molar-refractivity contribution >= 4 is 5.91 Å². The van der Waals surface area contributed by atoms with Gasteiger partial charge in [0.15, 0.2) is 0 Å². The Kier molecular flexibility index (Phi) is 2.46. The molecule has 4 nitrogen and oxygen atoms in total. The molecule has 0 radical (unpaired) electrons. The molecule has 1 heterocycles. The Morgan fingerprint density at radius 1 is 1.82 bits per heavy atom. The first kappa shape index (κ1) is 8.49. The van der Waals surface area contributed by atoms with E-state index < -0.39 is 0 Å². The lowest BCUT2D eigenvalue weighted by Crippen LogP contribution is -2.41. The minimum Gasteiger partial charge on any atom is -0.392 e. The van der Waals surface area contributed by atoms with Gasteiger partial charge in [-0.1, -0.05) is 0 Å². The van der Waals surface area contributed by atoms with Gasteiger partial charge in [-0.2, -0.15) is 0 Å². The Bertz CT molecular complexity index is 161. The molecule has 1 aliphatic heterocycles. The van der Waals surface area contributed by atoms with Gasteiger partial charge in [0.1, 0.15) is 0 Å². The molecule has 0 aliphatic carbocycles. The molecule has 0 aromatic heterocycles. The number of hydrogen-bond acceptors (Lipinski definition) is 3. The number of primary amides is 1. The van der Waals surface area contributed by atoms with E-state index in [1.165, 1.54) is 0 Å². The molecule has 1 fully saturated rings. The van der Waals surface area contributed by atoms with E-state index in [-0.39, 0.29) is 18.1 Å². The Morgan fingerprint density at radius 2 is 2.45 bits per heavy atom. The van der Waals surface area contributed by atoms with Crippen LogP contribution in [0.5, 0.6) is 0 Å². The Hall–Kier alpha value is -0.610. The van der Waals surface area contributed by atoms with Gasteiger partial charge in [0, 0.05) is 13.1 Å². The Morgan fingerprint density at radius 3 is 2.82 bits per heavy atom. The smallest absolute Gasteiger partial charge is 0.234 e. The van der Waals surface area contributed by atoms with Crippen LogP contribution in [0.25, 0.3) is 0 Å². The minimum absolute atomic E-state index is 0.243. The number of hydrogen-bond donors (Lipinski definition) is 2. The van der Waals surface area contributed by atoms with E-state index in [9.17, 15) is 4.79 Å². The highest BCUT2D eigenvalue weighted by molar-refractivity contribution is 5.79. The van der Waals surface area contributed by atoms with Gasteiger partial charge >= 0.3 is 0 Å². The van der Waals surface area contributed by atoms with Crippen molar-refractivity contribution in [2.24, 2.45) is 5.73 Å². The zero-order chi connectivity index (χ0) is 8.43.